The Hall–Kier alpha value is -0.810. The minimum Gasteiger partial charge on any atom is -0.409 e. The first-order valence-electron chi connectivity index (χ1n) is 7.16. The molecule has 1 rings (SSSR count). The van der Waals surface area contributed by atoms with Gasteiger partial charge < -0.3 is 15.8 Å². The van der Waals surface area contributed by atoms with E-state index >= 15 is 0 Å². The highest BCUT2D eigenvalue weighted by Gasteiger charge is 2.25. The van der Waals surface area contributed by atoms with Crippen LogP contribution in [0.5, 0.6) is 0 Å². The fourth-order valence-electron chi connectivity index (χ4n) is 2.61. The summed E-state index contributed by atoms with van der Waals surface area (Å²) in [7, 11) is 0. The Kier molecular flexibility index (Phi) is 7.05. The smallest absolute Gasteiger partial charge is 0.156 e. The number of nitrogens with zero attached hydrogens (tertiary/aromatic N) is 3. The second-order valence-electron chi connectivity index (χ2n) is 5.03. The minimum absolute atomic E-state index is 0.0905. The molecule has 0 saturated carbocycles. The SMILES string of the molecule is CCCCCN1CCN(C(CC)C(N)=NO)CC1. The maximum Gasteiger partial charge on any atom is 0.156 e. The van der Waals surface area contributed by atoms with Gasteiger partial charge in [-0.15, -0.1) is 0 Å². The molecule has 1 aliphatic heterocycles. The summed E-state index contributed by atoms with van der Waals surface area (Å²) in [5.41, 5.74) is 5.74. The first-order valence-corrected chi connectivity index (χ1v) is 7.16. The number of amidine groups is 1. The zero-order valence-electron chi connectivity index (χ0n) is 11.8. The lowest BCUT2D eigenvalue weighted by Crippen LogP contribution is -2.54. The fourth-order valence-corrected chi connectivity index (χ4v) is 2.61. The quantitative estimate of drug-likeness (QED) is 0.237. The summed E-state index contributed by atoms with van der Waals surface area (Å²) in [6.07, 6.45) is 4.79. The van der Waals surface area contributed by atoms with E-state index in [1.54, 1.807) is 0 Å². The van der Waals surface area contributed by atoms with Crippen molar-refractivity contribution < 1.29 is 5.21 Å². The molecule has 0 aromatic rings. The van der Waals surface area contributed by atoms with Crippen LogP contribution in [0.25, 0.3) is 0 Å². The van der Waals surface area contributed by atoms with Crippen LogP contribution in [-0.4, -0.2) is 59.6 Å². The average molecular weight is 256 g/mol. The molecule has 1 fully saturated rings. The highest BCUT2D eigenvalue weighted by atomic mass is 16.4. The Morgan fingerprint density at radius 1 is 1.22 bits per heavy atom. The molecule has 0 amide bonds. The van der Waals surface area contributed by atoms with E-state index in [0.717, 1.165) is 32.6 Å². The van der Waals surface area contributed by atoms with E-state index in [2.05, 4.69) is 28.8 Å². The minimum atomic E-state index is 0.0905. The molecular formula is C13H28N4O. The first-order chi connectivity index (χ1) is 8.72. The molecule has 0 bridgehead atoms. The maximum atomic E-state index is 8.79. The summed E-state index contributed by atoms with van der Waals surface area (Å²) < 4.78 is 0. The monoisotopic (exact) mass is 256 g/mol. The van der Waals surface area contributed by atoms with Gasteiger partial charge in [0.1, 0.15) is 0 Å². The molecular weight excluding hydrogens is 228 g/mol. The Morgan fingerprint density at radius 3 is 2.39 bits per heavy atom. The predicted octanol–water partition coefficient (Wildman–Crippen LogP) is 1.32. The summed E-state index contributed by atoms with van der Waals surface area (Å²) in [6, 6.07) is 0.0905. The number of rotatable bonds is 7. The van der Waals surface area contributed by atoms with Gasteiger partial charge in [0, 0.05) is 26.2 Å². The van der Waals surface area contributed by atoms with Gasteiger partial charge in [0.2, 0.25) is 0 Å². The number of unbranched alkanes of at least 4 members (excludes halogenated alkanes) is 2. The number of nitrogens with two attached hydrogens (primary N) is 1. The molecule has 0 spiro atoms. The lowest BCUT2D eigenvalue weighted by molar-refractivity contribution is 0.113. The van der Waals surface area contributed by atoms with Gasteiger partial charge >= 0.3 is 0 Å². The summed E-state index contributed by atoms with van der Waals surface area (Å²) in [5.74, 6) is 0.344. The van der Waals surface area contributed by atoms with Crippen molar-refractivity contribution in [3.63, 3.8) is 0 Å². The average Bonchev–Trinajstić information content (AvgIpc) is 2.41. The van der Waals surface area contributed by atoms with Crippen molar-refractivity contribution in [3.05, 3.63) is 0 Å². The molecule has 18 heavy (non-hydrogen) atoms. The first kappa shape index (κ1) is 15.2. The Balaban J connectivity index is 2.33. The molecule has 1 aliphatic rings. The largest absolute Gasteiger partial charge is 0.409 e. The van der Waals surface area contributed by atoms with Crippen LogP contribution in [-0.2, 0) is 0 Å². The molecule has 3 N–H and O–H groups in total. The molecule has 0 aromatic heterocycles. The van der Waals surface area contributed by atoms with E-state index in [-0.39, 0.29) is 6.04 Å². The highest BCUT2D eigenvalue weighted by molar-refractivity contribution is 5.85. The maximum absolute atomic E-state index is 8.79. The van der Waals surface area contributed by atoms with Crippen LogP contribution in [0, 0.1) is 0 Å². The normalized spacial score (nSPS) is 21.1. The van der Waals surface area contributed by atoms with Gasteiger partial charge in [-0.1, -0.05) is 31.8 Å². The van der Waals surface area contributed by atoms with Crippen LogP contribution in [0.15, 0.2) is 5.16 Å². The van der Waals surface area contributed by atoms with Crippen molar-refractivity contribution in [3.8, 4) is 0 Å². The number of piperazine rings is 1. The third-order valence-electron chi connectivity index (χ3n) is 3.77. The van der Waals surface area contributed by atoms with Crippen molar-refractivity contribution in [2.24, 2.45) is 10.9 Å². The summed E-state index contributed by atoms with van der Waals surface area (Å²) >= 11 is 0. The lowest BCUT2D eigenvalue weighted by Gasteiger charge is -2.38. The lowest BCUT2D eigenvalue weighted by atomic mass is 10.1. The van der Waals surface area contributed by atoms with Crippen LogP contribution >= 0.6 is 0 Å². The molecule has 1 heterocycles. The Labute approximate surface area is 111 Å². The summed E-state index contributed by atoms with van der Waals surface area (Å²) in [6.45, 7) is 9.75. The van der Waals surface area contributed by atoms with Gasteiger partial charge in [0.15, 0.2) is 5.84 Å². The van der Waals surface area contributed by atoms with E-state index in [1.807, 2.05) is 0 Å². The molecule has 5 heteroatoms. The van der Waals surface area contributed by atoms with E-state index < -0.39 is 0 Å². The van der Waals surface area contributed by atoms with Crippen LogP contribution in [0.2, 0.25) is 0 Å². The van der Waals surface area contributed by atoms with Gasteiger partial charge in [-0.05, 0) is 19.4 Å². The van der Waals surface area contributed by atoms with Crippen LogP contribution in [0.4, 0.5) is 0 Å². The third kappa shape index (κ3) is 4.46. The molecule has 5 nitrogen and oxygen atoms in total. The third-order valence-corrected chi connectivity index (χ3v) is 3.77. The molecule has 0 aromatic carbocycles. The van der Waals surface area contributed by atoms with Gasteiger partial charge in [-0.2, -0.15) is 0 Å². The van der Waals surface area contributed by atoms with Gasteiger partial charge in [0.25, 0.3) is 0 Å². The van der Waals surface area contributed by atoms with Crippen molar-refractivity contribution in [2.75, 3.05) is 32.7 Å². The Bertz CT molecular complexity index is 249. The topological polar surface area (TPSA) is 65.1 Å². The van der Waals surface area contributed by atoms with E-state index in [9.17, 15) is 0 Å². The predicted molar refractivity (Wildman–Crippen MR) is 75.0 cm³/mol. The van der Waals surface area contributed by atoms with E-state index in [4.69, 9.17) is 10.9 Å². The highest BCUT2D eigenvalue weighted by Crippen LogP contribution is 2.10. The molecule has 0 radical (unpaired) electrons. The fraction of sp³-hybridized carbons (Fsp3) is 0.923. The molecule has 1 unspecified atom stereocenters. The van der Waals surface area contributed by atoms with E-state index in [0.29, 0.717) is 5.84 Å². The second kappa shape index (κ2) is 8.32. The zero-order chi connectivity index (χ0) is 13.4. The standard InChI is InChI=1S/C13H28N4O/c1-3-5-6-7-16-8-10-17(11-9-16)12(4-2)13(14)15-18/h12,18H,3-11H2,1-2H3,(H2,14,15). The van der Waals surface area contributed by atoms with Crippen molar-refractivity contribution in [1.82, 2.24) is 9.80 Å². The molecule has 1 saturated heterocycles. The van der Waals surface area contributed by atoms with Crippen molar-refractivity contribution in [1.29, 1.82) is 0 Å². The van der Waals surface area contributed by atoms with Crippen molar-refractivity contribution in [2.45, 2.75) is 45.6 Å². The number of oxime groups is 1. The molecule has 106 valence electrons. The summed E-state index contributed by atoms with van der Waals surface area (Å²) in [4.78, 5) is 4.84. The van der Waals surface area contributed by atoms with E-state index in [1.165, 1.54) is 25.8 Å². The molecule has 1 atom stereocenters. The summed E-state index contributed by atoms with van der Waals surface area (Å²) in [5, 5.41) is 11.9. The number of hydrogen-bond donors (Lipinski definition) is 2. The zero-order valence-corrected chi connectivity index (χ0v) is 11.8. The number of hydrogen-bond acceptors (Lipinski definition) is 4. The van der Waals surface area contributed by atoms with Gasteiger partial charge in [-0.3, -0.25) is 4.90 Å². The van der Waals surface area contributed by atoms with Gasteiger partial charge in [0.05, 0.1) is 6.04 Å². The van der Waals surface area contributed by atoms with Gasteiger partial charge in [-0.25, -0.2) is 0 Å². The molecule has 0 aliphatic carbocycles. The van der Waals surface area contributed by atoms with Crippen LogP contribution in [0.1, 0.15) is 39.5 Å². The van der Waals surface area contributed by atoms with Crippen molar-refractivity contribution >= 4 is 5.84 Å². The van der Waals surface area contributed by atoms with Crippen LogP contribution in [0.3, 0.4) is 0 Å². The van der Waals surface area contributed by atoms with Crippen LogP contribution < -0.4 is 5.73 Å². The Morgan fingerprint density at radius 2 is 1.89 bits per heavy atom. The second-order valence-corrected chi connectivity index (χ2v) is 5.03.